The van der Waals surface area contributed by atoms with Crippen LogP contribution in [0.15, 0.2) is 12.7 Å². The molecule has 16 heavy (non-hydrogen) atoms. The molecule has 3 rings (SSSR count). The molecule has 2 heterocycles. The predicted molar refractivity (Wildman–Crippen MR) is 51.2 cm³/mol. The van der Waals surface area contributed by atoms with Gasteiger partial charge in [-0.25, -0.2) is 10.2 Å². The minimum absolute atomic E-state index is 0. The van der Waals surface area contributed by atoms with Gasteiger partial charge in [-0.05, 0) is 18.8 Å². The van der Waals surface area contributed by atoms with E-state index in [1.54, 1.807) is 17.2 Å². The first-order chi connectivity index (χ1) is 7.36. The predicted octanol–water partition coefficient (Wildman–Crippen LogP) is 0.627. The van der Waals surface area contributed by atoms with E-state index in [1.807, 2.05) is 4.68 Å². The van der Waals surface area contributed by atoms with Crippen LogP contribution < -0.4 is 0 Å². The summed E-state index contributed by atoms with van der Waals surface area (Å²) < 4.78 is 3.60. The van der Waals surface area contributed by atoms with Crippen LogP contribution in [0.4, 0.5) is 0 Å². The zero-order chi connectivity index (χ0) is 10.3. The minimum atomic E-state index is 0. The molecule has 2 aromatic heterocycles. The summed E-state index contributed by atoms with van der Waals surface area (Å²) in [6, 6.07) is 0.457. The van der Waals surface area contributed by atoms with E-state index in [1.165, 1.54) is 12.8 Å². The van der Waals surface area contributed by atoms with Crippen molar-refractivity contribution in [2.75, 3.05) is 0 Å². The molecule has 2 atom stereocenters. The molecule has 6 nitrogen and oxygen atoms in total. The molecular formula is C9H11IrN6-. The zero-order valence-electron chi connectivity index (χ0n) is 8.74. The van der Waals surface area contributed by atoms with E-state index in [2.05, 4.69) is 33.5 Å². The summed E-state index contributed by atoms with van der Waals surface area (Å²) in [4.78, 5) is 4.20. The Balaban J connectivity index is 0.000000963. The van der Waals surface area contributed by atoms with Gasteiger partial charge in [-0.15, -0.1) is 0 Å². The molecule has 2 unspecified atom stereocenters. The molecule has 1 saturated carbocycles. The van der Waals surface area contributed by atoms with E-state index in [4.69, 9.17) is 0 Å². The number of hydrogen-bond donors (Lipinski definition) is 0. The molecule has 0 aromatic carbocycles. The largest absolute Gasteiger partial charge is 0.420 e. The van der Waals surface area contributed by atoms with Crippen molar-refractivity contribution >= 4 is 0 Å². The first-order valence-electron chi connectivity index (χ1n) is 5.04. The molecule has 0 bridgehead atoms. The second-order valence-electron chi connectivity index (χ2n) is 3.93. The Morgan fingerprint density at radius 3 is 2.88 bits per heavy atom. The molecule has 0 amide bonds. The SMILES string of the molecule is CC1CCC1n1ncnc1-n1[c-]nnc1.[Ir]. The molecule has 1 fully saturated rings. The van der Waals surface area contributed by atoms with Gasteiger partial charge >= 0.3 is 0 Å². The molecule has 0 N–H and O–H groups in total. The molecule has 2 aromatic rings. The summed E-state index contributed by atoms with van der Waals surface area (Å²) >= 11 is 0. The average Bonchev–Trinajstić information content (AvgIpc) is 2.84. The molecule has 0 aliphatic heterocycles. The molecule has 1 aliphatic carbocycles. The van der Waals surface area contributed by atoms with Gasteiger partial charge in [0.25, 0.3) is 0 Å². The zero-order valence-corrected chi connectivity index (χ0v) is 11.1. The summed E-state index contributed by atoms with van der Waals surface area (Å²) in [5.41, 5.74) is 0. The van der Waals surface area contributed by atoms with E-state index in [0.29, 0.717) is 12.0 Å². The van der Waals surface area contributed by atoms with Gasteiger partial charge in [0.15, 0.2) is 0 Å². The van der Waals surface area contributed by atoms with E-state index >= 15 is 0 Å². The van der Waals surface area contributed by atoms with Crippen LogP contribution in [0.25, 0.3) is 5.95 Å². The van der Waals surface area contributed by atoms with Gasteiger partial charge in [0.1, 0.15) is 12.3 Å². The van der Waals surface area contributed by atoms with Crippen LogP contribution in [-0.2, 0) is 20.1 Å². The maximum atomic E-state index is 4.25. The van der Waals surface area contributed by atoms with Gasteiger partial charge in [0.05, 0.1) is 0 Å². The maximum absolute atomic E-state index is 4.25. The van der Waals surface area contributed by atoms with Crippen molar-refractivity contribution in [3.8, 4) is 5.95 Å². The number of rotatable bonds is 2. The van der Waals surface area contributed by atoms with Gasteiger partial charge in [0.2, 0.25) is 0 Å². The quantitative estimate of drug-likeness (QED) is 0.700. The number of nitrogens with zero attached hydrogens (tertiary/aromatic N) is 6. The summed E-state index contributed by atoms with van der Waals surface area (Å²) in [6.45, 7) is 2.23. The van der Waals surface area contributed by atoms with Crippen LogP contribution >= 0.6 is 0 Å². The third-order valence-corrected chi connectivity index (χ3v) is 3.04. The molecule has 1 aliphatic rings. The van der Waals surface area contributed by atoms with Crippen LogP contribution in [0.5, 0.6) is 0 Å². The van der Waals surface area contributed by atoms with Crippen LogP contribution in [-0.4, -0.2) is 29.5 Å². The Kier molecular flexibility index (Phi) is 3.16. The van der Waals surface area contributed by atoms with Crippen molar-refractivity contribution in [1.29, 1.82) is 0 Å². The Labute approximate surface area is 106 Å². The van der Waals surface area contributed by atoms with Crippen LogP contribution in [0.1, 0.15) is 25.8 Å². The standard InChI is InChI=1S/C9H11N6.Ir/c1-7-2-3-8(7)15-9(10-4-13-15)14-5-11-12-6-14;/h4-5,7-8H,2-3H2,1H3;/q-1;. The van der Waals surface area contributed by atoms with Crippen molar-refractivity contribution in [3.63, 3.8) is 0 Å². The molecule has 0 spiro atoms. The van der Waals surface area contributed by atoms with Crippen LogP contribution in [0, 0.1) is 12.2 Å². The van der Waals surface area contributed by atoms with Gasteiger partial charge in [-0.1, -0.05) is 6.92 Å². The van der Waals surface area contributed by atoms with E-state index in [-0.39, 0.29) is 20.1 Å². The average molecular weight is 395 g/mol. The van der Waals surface area contributed by atoms with Gasteiger partial charge in [-0.2, -0.15) is 5.10 Å². The Bertz CT molecular complexity index is 450. The molecule has 87 valence electrons. The second-order valence-corrected chi connectivity index (χ2v) is 3.93. The fraction of sp³-hybridized carbons (Fsp3) is 0.556. The van der Waals surface area contributed by atoms with Crippen LogP contribution in [0.2, 0.25) is 0 Å². The first-order valence-corrected chi connectivity index (χ1v) is 5.04. The van der Waals surface area contributed by atoms with Crippen molar-refractivity contribution in [1.82, 2.24) is 29.5 Å². The van der Waals surface area contributed by atoms with Gasteiger partial charge in [0, 0.05) is 38.8 Å². The molecule has 0 saturated heterocycles. The van der Waals surface area contributed by atoms with Gasteiger partial charge in [-0.3, -0.25) is 9.67 Å². The van der Waals surface area contributed by atoms with Crippen molar-refractivity contribution in [2.24, 2.45) is 5.92 Å². The molecule has 1 radical (unpaired) electrons. The summed E-state index contributed by atoms with van der Waals surface area (Å²) in [6.07, 6.45) is 8.31. The summed E-state index contributed by atoms with van der Waals surface area (Å²) in [7, 11) is 0. The minimum Gasteiger partial charge on any atom is -0.420 e. The van der Waals surface area contributed by atoms with E-state index in [9.17, 15) is 0 Å². The number of hydrogen-bond acceptors (Lipinski definition) is 4. The fourth-order valence-electron chi connectivity index (χ4n) is 1.94. The van der Waals surface area contributed by atoms with Crippen molar-refractivity contribution < 1.29 is 20.1 Å². The first kappa shape index (κ1) is 11.4. The third-order valence-electron chi connectivity index (χ3n) is 3.04. The van der Waals surface area contributed by atoms with Gasteiger partial charge < -0.3 is 4.57 Å². The normalized spacial score (nSPS) is 23.6. The summed E-state index contributed by atoms with van der Waals surface area (Å²) in [5, 5.41) is 11.6. The third kappa shape index (κ3) is 1.70. The molecule has 7 heteroatoms. The monoisotopic (exact) mass is 396 g/mol. The van der Waals surface area contributed by atoms with Crippen LogP contribution in [0.3, 0.4) is 0 Å². The van der Waals surface area contributed by atoms with Crippen molar-refractivity contribution in [2.45, 2.75) is 25.8 Å². The Morgan fingerprint density at radius 1 is 1.44 bits per heavy atom. The smallest absolute Gasteiger partial charge is 0.125 e. The van der Waals surface area contributed by atoms with Crippen molar-refractivity contribution in [3.05, 3.63) is 19.0 Å². The Morgan fingerprint density at radius 2 is 2.31 bits per heavy atom. The topological polar surface area (TPSA) is 61.4 Å². The summed E-state index contributed by atoms with van der Waals surface area (Å²) in [5.74, 6) is 1.42. The van der Waals surface area contributed by atoms with E-state index < -0.39 is 0 Å². The Hall–Kier alpha value is -1.07. The number of aromatic nitrogens is 6. The molecular weight excluding hydrogens is 384 g/mol. The maximum Gasteiger partial charge on any atom is 0.125 e. The fourth-order valence-corrected chi connectivity index (χ4v) is 1.94. The van der Waals surface area contributed by atoms with E-state index in [0.717, 1.165) is 5.95 Å². The second kappa shape index (κ2) is 4.43.